The van der Waals surface area contributed by atoms with Crippen molar-refractivity contribution in [3.63, 3.8) is 0 Å². The second-order valence-electron chi connectivity index (χ2n) is 4.03. The number of nitrogens with zero attached hydrogens (tertiary/aromatic N) is 1. The molecule has 0 aromatic carbocycles. The van der Waals surface area contributed by atoms with E-state index in [1.54, 1.807) is 6.07 Å². The molecule has 0 amide bonds. The molecule has 0 aliphatic carbocycles. The van der Waals surface area contributed by atoms with Crippen LogP contribution >= 0.6 is 0 Å². The van der Waals surface area contributed by atoms with Gasteiger partial charge in [-0.05, 0) is 32.4 Å². The number of hydrogen-bond donors (Lipinski definition) is 4. The van der Waals surface area contributed by atoms with E-state index in [1.165, 1.54) is 0 Å². The SMILES string of the molecule is CC(C)(CCO)Nc1cccc(NN)n1. The standard InChI is InChI=1S/C10H18N4O/c1-10(2,6-7-15)13-8-4-3-5-9(12-8)14-11/h3-5,15H,6-7,11H2,1-2H3,(H2,12,13,14). The molecule has 1 rings (SSSR count). The fourth-order valence-corrected chi connectivity index (χ4v) is 1.27. The molecular formula is C10H18N4O. The lowest BCUT2D eigenvalue weighted by atomic mass is 10.0. The Morgan fingerprint density at radius 2 is 2.07 bits per heavy atom. The van der Waals surface area contributed by atoms with Gasteiger partial charge < -0.3 is 15.8 Å². The summed E-state index contributed by atoms with van der Waals surface area (Å²) in [5, 5.41) is 12.1. The van der Waals surface area contributed by atoms with E-state index in [1.807, 2.05) is 26.0 Å². The average molecular weight is 210 g/mol. The van der Waals surface area contributed by atoms with Gasteiger partial charge in [-0.15, -0.1) is 0 Å². The molecule has 5 N–H and O–H groups in total. The van der Waals surface area contributed by atoms with Crippen molar-refractivity contribution in [3.05, 3.63) is 18.2 Å². The number of aromatic nitrogens is 1. The third-order valence-corrected chi connectivity index (χ3v) is 2.10. The first-order valence-electron chi connectivity index (χ1n) is 4.90. The molecule has 5 heteroatoms. The predicted molar refractivity (Wildman–Crippen MR) is 61.5 cm³/mol. The third kappa shape index (κ3) is 3.73. The first kappa shape index (κ1) is 11.7. The van der Waals surface area contributed by atoms with Crippen molar-refractivity contribution >= 4 is 11.6 Å². The molecule has 15 heavy (non-hydrogen) atoms. The summed E-state index contributed by atoms with van der Waals surface area (Å²) in [6.45, 7) is 4.16. The largest absolute Gasteiger partial charge is 0.396 e. The number of nitrogens with one attached hydrogen (secondary N) is 2. The van der Waals surface area contributed by atoms with Crippen molar-refractivity contribution in [2.24, 2.45) is 5.84 Å². The van der Waals surface area contributed by atoms with Gasteiger partial charge in [0, 0.05) is 12.1 Å². The maximum atomic E-state index is 8.89. The lowest BCUT2D eigenvalue weighted by Gasteiger charge is -2.26. The molecule has 0 atom stereocenters. The first-order valence-corrected chi connectivity index (χ1v) is 4.90. The highest BCUT2D eigenvalue weighted by atomic mass is 16.3. The van der Waals surface area contributed by atoms with Gasteiger partial charge in [-0.3, -0.25) is 0 Å². The second kappa shape index (κ2) is 4.95. The Morgan fingerprint density at radius 1 is 1.40 bits per heavy atom. The molecule has 0 fully saturated rings. The number of rotatable bonds is 5. The molecule has 1 aromatic rings. The lowest BCUT2D eigenvalue weighted by Crippen LogP contribution is -2.32. The molecule has 0 aliphatic heterocycles. The maximum absolute atomic E-state index is 8.89. The van der Waals surface area contributed by atoms with Crippen LogP contribution in [0.4, 0.5) is 11.6 Å². The van der Waals surface area contributed by atoms with Crippen molar-refractivity contribution in [2.75, 3.05) is 17.3 Å². The molecule has 84 valence electrons. The van der Waals surface area contributed by atoms with Crippen LogP contribution in [0.3, 0.4) is 0 Å². The Balaban J connectivity index is 2.71. The van der Waals surface area contributed by atoms with E-state index in [2.05, 4.69) is 15.7 Å². The van der Waals surface area contributed by atoms with E-state index in [4.69, 9.17) is 10.9 Å². The van der Waals surface area contributed by atoms with E-state index in [-0.39, 0.29) is 12.1 Å². The number of aliphatic hydroxyl groups is 1. The fraction of sp³-hybridized carbons (Fsp3) is 0.500. The summed E-state index contributed by atoms with van der Waals surface area (Å²) in [5.41, 5.74) is 2.30. The van der Waals surface area contributed by atoms with Gasteiger partial charge >= 0.3 is 0 Å². The van der Waals surface area contributed by atoms with Crippen molar-refractivity contribution in [2.45, 2.75) is 25.8 Å². The normalized spacial score (nSPS) is 11.2. The molecule has 0 unspecified atom stereocenters. The third-order valence-electron chi connectivity index (χ3n) is 2.10. The summed E-state index contributed by atoms with van der Waals surface area (Å²) in [7, 11) is 0. The summed E-state index contributed by atoms with van der Waals surface area (Å²) >= 11 is 0. The number of aliphatic hydroxyl groups excluding tert-OH is 1. The predicted octanol–water partition coefficient (Wildman–Crippen LogP) is 0.940. The van der Waals surface area contributed by atoms with Gasteiger partial charge in [0.1, 0.15) is 11.6 Å². The van der Waals surface area contributed by atoms with Crippen LogP contribution in [0.15, 0.2) is 18.2 Å². The summed E-state index contributed by atoms with van der Waals surface area (Å²) in [4.78, 5) is 4.23. The fourth-order valence-electron chi connectivity index (χ4n) is 1.27. The zero-order valence-electron chi connectivity index (χ0n) is 9.12. The Kier molecular flexibility index (Phi) is 3.88. The molecule has 0 spiro atoms. The van der Waals surface area contributed by atoms with E-state index < -0.39 is 0 Å². The van der Waals surface area contributed by atoms with E-state index in [0.717, 1.165) is 5.82 Å². The first-order chi connectivity index (χ1) is 7.07. The van der Waals surface area contributed by atoms with Gasteiger partial charge in [-0.1, -0.05) is 6.07 Å². The molecular weight excluding hydrogens is 192 g/mol. The average Bonchev–Trinajstić information content (AvgIpc) is 2.17. The van der Waals surface area contributed by atoms with Crippen LogP contribution in [-0.2, 0) is 0 Å². The minimum atomic E-state index is -0.186. The van der Waals surface area contributed by atoms with Crippen molar-refractivity contribution < 1.29 is 5.11 Å². The zero-order valence-corrected chi connectivity index (χ0v) is 9.12. The summed E-state index contributed by atoms with van der Waals surface area (Å²) in [5.74, 6) is 6.61. The van der Waals surface area contributed by atoms with Crippen LogP contribution in [0, 0.1) is 0 Å². The van der Waals surface area contributed by atoms with Crippen LogP contribution < -0.4 is 16.6 Å². The number of hydrazine groups is 1. The lowest BCUT2D eigenvalue weighted by molar-refractivity contribution is 0.260. The van der Waals surface area contributed by atoms with Crippen molar-refractivity contribution in [3.8, 4) is 0 Å². The Bertz CT molecular complexity index is 314. The van der Waals surface area contributed by atoms with E-state index in [9.17, 15) is 0 Å². The van der Waals surface area contributed by atoms with Gasteiger partial charge in [0.2, 0.25) is 0 Å². The molecule has 0 radical (unpaired) electrons. The van der Waals surface area contributed by atoms with Gasteiger partial charge in [0.15, 0.2) is 0 Å². The zero-order chi connectivity index (χ0) is 11.3. The summed E-state index contributed by atoms with van der Waals surface area (Å²) in [6, 6.07) is 5.50. The highest BCUT2D eigenvalue weighted by Gasteiger charge is 2.16. The Labute approximate surface area is 89.7 Å². The van der Waals surface area contributed by atoms with Gasteiger partial charge in [0.05, 0.1) is 0 Å². The monoisotopic (exact) mass is 210 g/mol. The van der Waals surface area contributed by atoms with Gasteiger partial charge in [-0.25, -0.2) is 10.8 Å². The smallest absolute Gasteiger partial charge is 0.142 e. The Morgan fingerprint density at radius 3 is 2.67 bits per heavy atom. The van der Waals surface area contributed by atoms with Gasteiger partial charge in [0.25, 0.3) is 0 Å². The second-order valence-corrected chi connectivity index (χ2v) is 4.03. The van der Waals surface area contributed by atoms with Crippen LogP contribution in [0.25, 0.3) is 0 Å². The molecule has 0 aliphatic rings. The number of anilines is 2. The number of hydrogen-bond acceptors (Lipinski definition) is 5. The van der Waals surface area contributed by atoms with Crippen LogP contribution in [0.1, 0.15) is 20.3 Å². The molecule has 0 saturated carbocycles. The van der Waals surface area contributed by atoms with Crippen molar-refractivity contribution in [1.29, 1.82) is 0 Å². The van der Waals surface area contributed by atoms with Crippen LogP contribution in [0.2, 0.25) is 0 Å². The van der Waals surface area contributed by atoms with Crippen molar-refractivity contribution in [1.82, 2.24) is 4.98 Å². The number of nitrogen functional groups attached to an aromatic ring is 1. The van der Waals surface area contributed by atoms with Crippen LogP contribution in [0.5, 0.6) is 0 Å². The molecule has 0 bridgehead atoms. The van der Waals surface area contributed by atoms with E-state index >= 15 is 0 Å². The summed E-state index contributed by atoms with van der Waals surface area (Å²) in [6.07, 6.45) is 0.662. The minimum Gasteiger partial charge on any atom is -0.396 e. The number of pyridine rings is 1. The Hall–Kier alpha value is -1.33. The molecule has 0 saturated heterocycles. The molecule has 1 heterocycles. The highest BCUT2D eigenvalue weighted by molar-refractivity contribution is 5.45. The van der Waals surface area contributed by atoms with Crippen LogP contribution in [-0.4, -0.2) is 22.2 Å². The quantitative estimate of drug-likeness (QED) is 0.429. The number of nitrogens with two attached hydrogens (primary N) is 1. The summed E-state index contributed by atoms with van der Waals surface area (Å²) < 4.78 is 0. The maximum Gasteiger partial charge on any atom is 0.142 e. The van der Waals surface area contributed by atoms with Gasteiger partial charge in [-0.2, -0.15) is 0 Å². The molecule has 5 nitrogen and oxygen atoms in total. The molecule has 1 aromatic heterocycles. The highest BCUT2D eigenvalue weighted by Crippen LogP contribution is 2.17. The van der Waals surface area contributed by atoms with E-state index in [0.29, 0.717) is 12.2 Å². The minimum absolute atomic E-state index is 0.148. The topological polar surface area (TPSA) is 83.2 Å².